The minimum atomic E-state index is -0.0244. The van der Waals surface area contributed by atoms with Gasteiger partial charge in [0.25, 0.3) is 0 Å². The standard InChI is InChI=1S/C11H12BrN3O2/c12-7-3-4-8(10(13)15-17)9(5-7)14-11(16)6-1-2-6/h3-6,17H,1-2H2,(H2,13,15)(H,14,16). The molecule has 4 N–H and O–H groups in total. The zero-order valence-electron chi connectivity index (χ0n) is 8.98. The first kappa shape index (κ1) is 11.9. The van der Waals surface area contributed by atoms with E-state index in [9.17, 15) is 4.79 Å². The van der Waals surface area contributed by atoms with Crippen molar-refractivity contribution in [3.63, 3.8) is 0 Å². The second-order valence-corrected chi connectivity index (χ2v) is 4.85. The highest BCUT2D eigenvalue weighted by Crippen LogP contribution is 2.31. The molecule has 2 rings (SSSR count). The molecule has 1 aliphatic carbocycles. The number of rotatable bonds is 3. The molecule has 0 atom stereocenters. The van der Waals surface area contributed by atoms with Crippen LogP contribution in [0.15, 0.2) is 27.8 Å². The number of nitrogens with two attached hydrogens (primary N) is 1. The van der Waals surface area contributed by atoms with E-state index in [0.717, 1.165) is 17.3 Å². The number of halogens is 1. The van der Waals surface area contributed by atoms with E-state index in [1.807, 2.05) is 0 Å². The van der Waals surface area contributed by atoms with E-state index < -0.39 is 0 Å². The summed E-state index contributed by atoms with van der Waals surface area (Å²) in [6.07, 6.45) is 1.86. The highest BCUT2D eigenvalue weighted by molar-refractivity contribution is 9.10. The van der Waals surface area contributed by atoms with Gasteiger partial charge in [-0.25, -0.2) is 0 Å². The summed E-state index contributed by atoms with van der Waals surface area (Å²) in [4.78, 5) is 11.7. The topological polar surface area (TPSA) is 87.7 Å². The molecule has 0 spiro atoms. The summed E-state index contributed by atoms with van der Waals surface area (Å²) in [5, 5.41) is 14.4. The van der Waals surface area contributed by atoms with Crippen LogP contribution < -0.4 is 11.1 Å². The van der Waals surface area contributed by atoms with Crippen LogP contribution in [0.3, 0.4) is 0 Å². The number of carbonyl (C=O) groups excluding carboxylic acids is 1. The Hall–Kier alpha value is -1.56. The van der Waals surface area contributed by atoms with Gasteiger partial charge in [0.1, 0.15) is 0 Å². The Kier molecular flexibility index (Phi) is 3.33. The number of nitrogens with zero attached hydrogens (tertiary/aromatic N) is 1. The first-order chi connectivity index (χ1) is 8.11. The van der Waals surface area contributed by atoms with E-state index in [4.69, 9.17) is 10.9 Å². The van der Waals surface area contributed by atoms with Crippen molar-refractivity contribution in [2.24, 2.45) is 16.8 Å². The van der Waals surface area contributed by atoms with Crippen molar-refractivity contribution >= 4 is 33.4 Å². The second kappa shape index (κ2) is 4.75. The normalized spacial score (nSPS) is 15.7. The van der Waals surface area contributed by atoms with Crippen molar-refractivity contribution in [3.8, 4) is 0 Å². The molecule has 0 aliphatic heterocycles. The molecule has 5 nitrogen and oxygen atoms in total. The molecule has 90 valence electrons. The molecule has 0 heterocycles. The molecular weight excluding hydrogens is 286 g/mol. The van der Waals surface area contributed by atoms with Gasteiger partial charge in [-0.3, -0.25) is 4.79 Å². The molecule has 0 saturated heterocycles. The average Bonchev–Trinajstić information content (AvgIpc) is 3.12. The molecule has 0 aromatic heterocycles. The quantitative estimate of drug-likeness (QED) is 0.344. The second-order valence-electron chi connectivity index (χ2n) is 3.94. The molecule has 1 amide bonds. The number of benzene rings is 1. The van der Waals surface area contributed by atoms with Crippen LogP contribution in [0.2, 0.25) is 0 Å². The molecule has 1 aromatic carbocycles. The predicted molar refractivity (Wildman–Crippen MR) is 68.0 cm³/mol. The van der Waals surface area contributed by atoms with Crippen LogP contribution in [0, 0.1) is 5.92 Å². The summed E-state index contributed by atoms with van der Waals surface area (Å²) in [6.45, 7) is 0. The van der Waals surface area contributed by atoms with Crippen LogP contribution >= 0.6 is 15.9 Å². The maximum atomic E-state index is 11.7. The molecule has 6 heteroatoms. The van der Waals surface area contributed by atoms with Gasteiger partial charge in [-0.15, -0.1) is 0 Å². The lowest BCUT2D eigenvalue weighted by atomic mass is 10.1. The predicted octanol–water partition coefficient (Wildman–Crippen LogP) is 1.89. The Balaban J connectivity index is 2.29. The molecule has 17 heavy (non-hydrogen) atoms. The monoisotopic (exact) mass is 297 g/mol. The Labute approximate surface area is 107 Å². The number of oxime groups is 1. The van der Waals surface area contributed by atoms with Gasteiger partial charge in [0, 0.05) is 16.0 Å². The van der Waals surface area contributed by atoms with Crippen molar-refractivity contribution in [1.82, 2.24) is 0 Å². The SMILES string of the molecule is N/C(=N/O)c1ccc(Br)cc1NC(=O)C1CC1. The molecule has 1 aliphatic rings. The van der Waals surface area contributed by atoms with Crippen LogP contribution in [0.1, 0.15) is 18.4 Å². The Morgan fingerprint density at radius 1 is 1.53 bits per heavy atom. The molecule has 0 bridgehead atoms. The Morgan fingerprint density at radius 2 is 2.24 bits per heavy atom. The first-order valence-electron chi connectivity index (χ1n) is 5.20. The van der Waals surface area contributed by atoms with Crippen molar-refractivity contribution < 1.29 is 10.0 Å². The lowest BCUT2D eigenvalue weighted by Gasteiger charge is -2.10. The number of amidine groups is 1. The molecule has 1 fully saturated rings. The van der Waals surface area contributed by atoms with E-state index in [1.54, 1.807) is 18.2 Å². The fourth-order valence-electron chi connectivity index (χ4n) is 1.48. The highest BCUT2D eigenvalue weighted by Gasteiger charge is 2.30. The summed E-state index contributed by atoms with van der Waals surface area (Å²) in [6, 6.07) is 5.18. The maximum Gasteiger partial charge on any atom is 0.227 e. The van der Waals surface area contributed by atoms with Gasteiger partial charge in [0.15, 0.2) is 5.84 Å². The third-order valence-corrected chi connectivity index (χ3v) is 3.06. The van der Waals surface area contributed by atoms with Gasteiger partial charge in [-0.1, -0.05) is 21.1 Å². The van der Waals surface area contributed by atoms with E-state index >= 15 is 0 Å². The van der Waals surface area contributed by atoms with Crippen LogP contribution in [-0.4, -0.2) is 17.0 Å². The van der Waals surface area contributed by atoms with Gasteiger partial charge in [-0.2, -0.15) is 0 Å². The summed E-state index contributed by atoms with van der Waals surface area (Å²) >= 11 is 3.32. The fraction of sp³-hybridized carbons (Fsp3) is 0.273. The largest absolute Gasteiger partial charge is 0.409 e. The smallest absolute Gasteiger partial charge is 0.227 e. The number of anilines is 1. The van der Waals surface area contributed by atoms with E-state index in [-0.39, 0.29) is 17.7 Å². The Morgan fingerprint density at radius 3 is 2.82 bits per heavy atom. The highest BCUT2D eigenvalue weighted by atomic mass is 79.9. The van der Waals surface area contributed by atoms with Crippen molar-refractivity contribution in [2.75, 3.05) is 5.32 Å². The third kappa shape index (κ3) is 2.76. The van der Waals surface area contributed by atoms with Gasteiger partial charge >= 0.3 is 0 Å². The number of hydrogen-bond acceptors (Lipinski definition) is 3. The summed E-state index contributed by atoms with van der Waals surface area (Å²) in [5.74, 6) is 0.0628. The fourth-order valence-corrected chi connectivity index (χ4v) is 1.84. The van der Waals surface area contributed by atoms with Crippen LogP contribution in [0.4, 0.5) is 5.69 Å². The lowest BCUT2D eigenvalue weighted by molar-refractivity contribution is -0.117. The summed E-state index contributed by atoms with van der Waals surface area (Å²) in [7, 11) is 0. The Bertz CT molecular complexity index is 484. The molecule has 1 aromatic rings. The van der Waals surface area contributed by atoms with Gasteiger partial charge < -0.3 is 16.3 Å². The number of carbonyl (C=O) groups is 1. The van der Waals surface area contributed by atoms with Crippen molar-refractivity contribution in [2.45, 2.75) is 12.8 Å². The first-order valence-corrected chi connectivity index (χ1v) is 5.99. The number of hydrogen-bond donors (Lipinski definition) is 3. The van der Waals surface area contributed by atoms with Gasteiger partial charge in [-0.05, 0) is 31.0 Å². The molecule has 0 unspecified atom stereocenters. The average molecular weight is 298 g/mol. The maximum absolute atomic E-state index is 11.7. The minimum absolute atomic E-state index is 0.0184. The van der Waals surface area contributed by atoms with Crippen LogP contribution in [0.5, 0.6) is 0 Å². The zero-order valence-corrected chi connectivity index (χ0v) is 10.6. The van der Waals surface area contributed by atoms with Gasteiger partial charge in [0.05, 0.1) is 5.69 Å². The summed E-state index contributed by atoms with van der Waals surface area (Å²) < 4.78 is 0.818. The van der Waals surface area contributed by atoms with Crippen molar-refractivity contribution in [3.05, 3.63) is 28.2 Å². The lowest BCUT2D eigenvalue weighted by Crippen LogP contribution is -2.20. The number of nitrogens with one attached hydrogen (secondary N) is 1. The van der Waals surface area contributed by atoms with Gasteiger partial charge in [0.2, 0.25) is 5.91 Å². The zero-order chi connectivity index (χ0) is 12.4. The molecule has 0 radical (unpaired) electrons. The molecular formula is C11H12BrN3O2. The van der Waals surface area contributed by atoms with E-state index in [1.165, 1.54) is 0 Å². The van der Waals surface area contributed by atoms with E-state index in [2.05, 4.69) is 26.4 Å². The molecule has 1 saturated carbocycles. The van der Waals surface area contributed by atoms with Crippen LogP contribution in [0.25, 0.3) is 0 Å². The van der Waals surface area contributed by atoms with Crippen LogP contribution in [-0.2, 0) is 4.79 Å². The van der Waals surface area contributed by atoms with E-state index in [0.29, 0.717) is 11.3 Å². The third-order valence-electron chi connectivity index (χ3n) is 2.57. The number of amides is 1. The van der Waals surface area contributed by atoms with Crippen molar-refractivity contribution in [1.29, 1.82) is 0 Å². The summed E-state index contributed by atoms with van der Waals surface area (Å²) in [5.41, 5.74) is 6.60. The minimum Gasteiger partial charge on any atom is -0.409 e.